The zero-order chi connectivity index (χ0) is 18.4. The molecule has 2 fully saturated rings. The molecular formula is C21H28FN3O. The zero-order valence-electron chi connectivity index (χ0n) is 16.0. The van der Waals surface area contributed by atoms with E-state index in [9.17, 15) is 4.39 Å². The van der Waals surface area contributed by atoms with Crippen LogP contribution in [-0.2, 0) is 16.7 Å². The van der Waals surface area contributed by atoms with Crippen LogP contribution in [-0.4, -0.2) is 28.0 Å². The van der Waals surface area contributed by atoms with Gasteiger partial charge in [-0.25, -0.2) is 14.1 Å². The van der Waals surface area contributed by atoms with Crippen molar-refractivity contribution in [3.05, 3.63) is 47.3 Å². The summed E-state index contributed by atoms with van der Waals surface area (Å²) in [4.78, 5) is 5.03. The second-order valence-electron chi connectivity index (χ2n) is 8.35. The van der Waals surface area contributed by atoms with Crippen LogP contribution in [0.3, 0.4) is 0 Å². The van der Waals surface area contributed by atoms with Gasteiger partial charge < -0.3 is 4.74 Å². The third-order valence-corrected chi connectivity index (χ3v) is 6.16. The van der Waals surface area contributed by atoms with Crippen molar-refractivity contribution in [1.29, 1.82) is 0 Å². The van der Waals surface area contributed by atoms with Crippen molar-refractivity contribution in [2.45, 2.75) is 64.3 Å². The second kappa shape index (κ2) is 6.45. The van der Waals surface area contributed by atoms with Crippen LogP contribution in [0.5, 0.6) is 0 Å². The van der Waals surface area contributed by atoms with Crippen molar-refractivity contribution >= 4 is 0 Å². The lowest BCUT2D eigenvalue weighted by Gasteiger charge is -2.22. The van der Waals surface area contributed by atoms with E-state index < -0.39 is 0 Å². The van der Waals surface area contributed by atoms with Gasteiger partial charge in [0, 0.05) is 31.2 Å². The average molecular weight is 357 g/mol. The molecular weight excluding hydrogens is 329 g/mol. The van der Waals surface area contributed by atoms with Gasteiger partial charge in [0.2, 0.25) is 0 Å². The van der Waals surface area contributed by atoms with Crippen molar-refractivity contribution in [1.82, 2.24) is 14.8 Å². The summed E-state index contributed by atoms with van der Waals surface area (Å²) in [5.74, 6) is 2.06. The molecule has 1 aliphatic heterocycles. The predicted octanol–water partition coefficient (Wildman–Crippen LogP) is 4.44. The van der Waals surface area contributed by atoms with E-state index in [-0.39, 0.29) is 16.6 Å². The second-order valence-corrected chi connectivity index (χ2v) is 8.35. The summed E-state index contributed by atoms with van der Waals surface area (Å²) in [5.41, 5.74) is 0.346. The monoisotopic (exact) mass is 357 g/mol. The van der Waals surface area contributed by atoms with Crippen LogP contribution in [0.2, 0.25) is 0 Å². The van der Waals surface area contributed by atoms with Gasteiger partial charge in [-0.15, -0.1) is 0 Å². The van der Waals surface area contributed by atoms with Gasteiger partial charge in [0.15, 0.2) is 5.82 Å². The van der Waals surface area contributed by atoms with Gasteiger partial charge >= 0.3 is 0 Å². The molecule has 1 saturated heterocycles. The molecule has 0 N–H and O–H groups in total. The average Bonchev–Trinajstić information content (AvgIpc) is 3.00. The number of hydrogen-bond donors (Lipinski definition) is 0. The predicted molar refractivity (Wildman–Crippen MR) is 98.7 cm³/mol. The molecule has 140 valence electrons. The number of benzene rings is 1. The highest BCUT2D eigenvalue weighted by Gasteiger charge is 2.66. The molecule has 1 aromatic heterocycles. The van der Waals surface area contributed by atoms with E-state index in [4.69, 9.17) is 14.8 Å². The van der Waals surface area contributed by atoms with Gasteiger partial charge in [-0.2, -0.15) is 5.10 Å². The molecule has 4 rings (SSSR count). The molecule has 0 spiro atoms. The number of aromatic nitrogens is 3. The summed E-state index contributed by atoms with van der Waals surface area (Å²) in [7, 11) is 0. The van der Waals surface area contributed by atoms with Gasteiger partial charge in [-0.05, 0) is 37.2 Å². The molecule has 4 nitrogen and oxygen atoms in total. The van der Waals surface area contributed by atoms with E-state index in [1.807, 2.05) is 16.8 Å². The maximum absolute atomic E-state index is 14.8. The van der Waals surface area contributed by atoms with E-state index in [2.05, 4.69) is 20.8 Å². The molecule has 1 atom stereocenters. The molecule has 2 aromatic rings. The first-order chi connectivity index (χ1) is 12.5. The third kappa shape index (κ3) is 2.68. The van der Waals surface area contributed by atoms with Crippen LogP contribution in [0.1, 0.15) is 69.6 Å². The van der Waals surface area contributed by atoms with Crippen molar-refractivity contribution in [2.75, 3.05) is 13.2 Å². The van der Waals surface area contributed by atoms with Crippen LogP contribution in [0.25, 0.3) is 0 Å². The minimum Gasteiger partial charge on any atom is -0.381 e. The van der Waals surface area contributed by atoms with Crippen molar-refractivity contribution in [3.8, 4) is 0 Å². The maximum atomic E-state index is 14.8. The van der Waals surface area contributed by atoms with Gasteiger partial charge in [0.25, 0.3) is 0 Å². The smallest absolute Gasteiger partial charge is 0.154 e. The standard InChI is InChI=1S/C21H28FN3O/c1-4-11-25-19(23-18(24-25)15-9-12-26-13-10-15)21(14-20(21,2)3)16-7-5-6-8-17(16)22/h5-8,15H,4,9-14H2,1-3H3. The molecule has 1 aromatic carbocycles. The molecule has 0 bridgehead atoms. The molecule has 1 aliphatic carbocycles. The zero-order valence-corrected chi connectivity index (χ0v) is 16.0. The Morgan fingerprint density at radius 1 is 1.23 bits per heavy atom. The summed E-state index contributed by atoms with van der Waals surface area (Å²) in [6.45, 7) is 8.92. The first-order valence-electron chi connectivity index (χ1n) is 9.77. The molecule has 1 unspecified atom stereocenters. The fourth-order valence-corrected chi connectivity index (χ4v) is 4.56. The lowest BCUT2D eigenvalue weighted by molar-refractivity contribution is 0.0835. The number of hydrogen-bond acceptors (Lipinski definition) is 3. The largest absolute Gasteiger partial charge is 0.381 e. The van der Waals surface area contributed by atoms with Crippen LogP contribution in [0.4, 0.5) is 4.39 Å². The SMILES string of the molecule is CCCn1nc(C2CCOCC2)nc1C1(c2ccccc2F)CC1(C)C. The fourth-order valence-electron chi connectivity index (χ4n) is 4.56. The Labute approximate surface area is 154 Å². The van der Waals surface area contributed by atoms with Gasteiger partial charge in [-0.3, -0.25) is 0 Å². The number of halogens is 1. The molecule has 0 amide bonds. The normalized spacial score (nSPS) is 25.4. The highest BCUT2D eigenvalue weighted by Crippen LogP contribution is 2.67. The fraction of sp³-hybridized carbons (Fsp3) is 0.619. The summed E-state index contributed by atoms with van der Waals surface area (Å²) >= 11 is 0. The molecule has 26 heavy (non-hydrogen) atoms. The minimum atomic E-state index is -0.385. The van der Waals surface area contributed by atoms with Crippen LogP contribution >= 0.6 is 0 Å². The van der Waals surface area contributed by atoms with Gasteiger partial charge in [0.05, 0.1) is 5.41 Å². The molecule has 2 aliphatic rings. The topological polar surface area (TPSA) is 39.9 Å². The quantitative estimate of drug-likeness (QED) is 0.794. The lowest BCUT2D eigenvalue weighted by atomic mass is 9.86. The Bertz CT molecular complexity index is 794. The Kier molecular flexibility index (Phi) is 4.38. The Morgan fingerprint density at radius 2 is 1.92 bits per heavy atom. The van der Waals surface area contributed by atoms with Crippen molar-refractivity contribution in [2.24, 2.45) is 5.41 Å². The van der Waals surface area contributed by atoms with E-state index in [0.29, 0.717) is 5.92 Å². The highest BCUT2D eigenvalue weighted by molar-refractivity contribution is 5.46. The Morgan fingerprint density at radius 3 is 2.54 bits per heavy atom. The molecule has 1 saturated carbocycles. The minimum absolute atomic E-state index is 0.0271. The van der Waals surface area contributed by atoms with Gasteiger partial charge in [0.1, 0.15) is 11.6 Å². The van der Waals surface area contributed by atoms with Crippen LogP contribution in [0, 0.1) is 11.2 Å². The highest BCUT2D eigenvalue weighted by atomic mass is 19.1. The van der Waals surface area contributed by atoms with Crippen molar-refractivity contribution in [3.63, 3.8) is 0 Å². The summed E-state index contributed by atoms with van der Waals surface area (Å²) in [6.07, 6.45) is 3.81. The van der Waals surface area contributed by atoms with E-state index >= 15 is 0 Å². The number of ether oxygens (including phenoxy) is 1. The lowest BCUT2D eigenvalue weighted by Crippen LogP contribution is -2.24. The first-order valence-corrected chi connectivity index (χ1v) is 9.77. The summed E-state index contributed by atoms with van der Waals surface area (Å²) in [5, 5.41) is 4.88. The number of rotatable bonds is 5. The van der Waals surface area contributed by atoms with E-state index in [1.165, 1.54) is 0 Å². The first kappa shape index (κ1) is 17.7. The molecule has 5 heteroatoms. The molecule has 0 radical (unpaired) electrons. The number of nitrogens with zero attached hydrogens (tertiary/aromatic N) is 3. The maximum Gasteiger partial charge on any atom is 0.154 e. The van der Waals surface area contributed by atoms with Crippen LogP contribution in [0.15, 0.2) is 24.3 Å². The van der Waals surface area contributed by atoms with Crippen LogP contribution < -0.4 is 0 Å². The Balaban J connectivity index is 1.82. The van der Waals surface area contributed by atoms with Crippen molar-refractivity contribution < 1.29 is 9.13 Å². The molecule has 2 heterocycles. The van der Waals surface area contributed by atoms with E-state index in [0.717, 1.165) is 62.7 Å². The summed E-state index contributed by atoms with van der Waals surface area (Å²) in [6, 6.07) is 7.16. The van der Waals surface area contributed by atoms with Gasteiger partial charge in [-0.1, -0.05) is 39.0 Å². The summed E-state index contributed by atoms with van der Waals surface area (Å²) < 4.78 is 22.3. The number of aryl methyl sites for hydroxylation is 1. The Hall–Kier alpha value is -1.75. The third-order valence-electron chi connectivity index (χ3n) is 6.16. The van der Waals surface area contributed by atoms with E-state index in [1.54, 1.807) is 12.1 Å².